The Labute approximate surface area is 131 Å². The van der Waals surface area contributed by atoms with Crippen LogP contribution in [0.1, 0.15) is 5.56 Å². The zero-order valence-electron chi connectivity index (χ0n) is 12.6. The van der Waals surface area contributed by atoms with Gasteiger partial charge in [0.2, 0.25) is 0 Å². The van der Waals surface area contributed by atoms with Crippen LogP contribution < -0.4 is 21.7 Å². The van der Waals surface area contributed by atoms with Crippen molar-refractivity contribution in [3.63, 3.8) is 0 Å². The molecule has 0 atom stereocenters. The van der Waals surface area contributed by atoms with E-state index in [0.29, 0.717) is 13.0 Å². The summed E-state index contributed by atoms with van der Waals surface area (Å²) in [6, 6.07) is 8.08. The van der Waals surface area contributed by atoms with Gasteiger partial charge in [-0.2, -0.15) is 0 Å². The molecular weight excluding hydrogens is 300 g/mol. The maximum atomic E-state index is 11.6. The van der Waals surface area contributed by atoms with Gasteiger partial charge in [-0.3, -0.25) is 19.7 Å². The Hall–Kier alpha value is -2.61. The SMILES string of the molecule is O=c1[nH]c(=O)n(CCc2ccc(N3CCOCC3)cc2)[nH]c1=O. The molecule has 122 valence electrons. The van der Waals surface area contributed by atoms with Gasteiger partial charge in [0.1, 0.15) is 0 Å². The topological polar surface area (TPSA) is 100 Å². The van der Waals surface area contributed by atoms with Crippen molar-refractivity contribution >= 4 is 5.69 Å². The molecule has 8 nitrogen and oxygen atoms in total. The van der Waals surface area contributed by atoms with E-state index < -0.39 is 16.8 Å². The van der Waals surface area contributed by atoms with E-state index in [0.717, 1.165) is 42.2 Å². The lowest BCUT2D eigenvalue weighted by Crippen LogP contribution is -2.43. The normalized spacial score (nSPS) is 14.9. The highest BCUT2D eigenvalue weighted by Crippen LogP contribution is 2.16. The first-order valence-electron chi connectivity index (χ1n) is 7.48. The largest absolute Gasteiger partial charge is 0.378 e. The third-order valence-corrected chi connectivity index (χ3v) is 3.85. The lowest BCUT2D eigenvalue weighted by molar-refractivity contribution is 0.122. The molecule has 1 aromatic carbocycles. The van der Waals surface area contributed by atoms with Crippen LogP contribution in [0.2, 0.25) is 0 Å². The van der Waals surface area contributed by atoms with Crippen LogP contribution in [0.5, 0.6) is 0 Å². The maximum absolute atomic E-state index is 11.6. The fourth-order valence-corrected chi connectivity index (χ4v) is 2.54. The lowest BCUT2D eigenvalue weighted by atomic mass is 10.1. The zero-order chi connectivity index (χ0) is 16.2. The van der Waals surface area contributed by atoms with Crippen molar-refractivity contribution < 1.29 is 4.74 Å². The second-order valence-corrected chi connectivity index (χ2v) is 5.37. The third kappa shape index (κ3) is 3.59. The molecule has 1 fully saturated rings. The summed E-state index contributed by atoms with van der Waals surface area (Å²) >= 11 is 0. The van der Waals surface area contributed by atoms with Gasteiger partial charge in [0, 0.05) is 25.3 Å². The van der Waals surface area contributed by atoms with E-state index in [-0.39, 0.29) is 0 Å². The molecule has 3 rings (SSSR count). The van der Waals surface area contributed by atoms with Gasteiger partial charge in [0.05, 0.1) is 13.2 Å². The third-order valence-electron chi connectivity index (χ3n) is 3.85. The Morgan fingerprint density at radius 3 is 2.39 bits per heavy atom. The van der Waals surface area contributed by atoms with Crippen LogP contribution >= 0.6 is 0 Å². The number of aromatic nitrogens is 3. The van der Waals surface area contributed by atoms with Crippen molar-refractivity contribution in [2.24, 2.45) is 0 Å². The molecule has 0 amide bonds. The molecule has 0 bridgehead atoms. The number of aromatic amines is 2. The molecule has 2 N–H and O–H groups in total. The van der Waals surface area contributed by atoms with Gasteiger partial charge in [0.15, 0.2) is 0 Å². The Morgan fingerprint density at radius 2 is 1.70 bits per heavy atom. The predicted octanol–water partition coefficient (Wildman–Crippen LogP) is -0.696. The molecule has 1 aliphatic rings. The van der Waals surface area contributed by atoms with E-state index in [1.807, 2.05) is 29.2 Å². The molecule has 0 radical (unpaired) electrons. The molecular formula is C15H18N4O4. The predicted molar refractivity (Wildman–Crippen MR) is 85.1 cm³/mol. The van der Waals surface area contributed by atoms with E-state index in [9.17, 15) is 14.4 Å². The van der Waals surface area contributed by atoms with Gasteiger partial charge >= 0.3 is 16.8 Å². The molecule has 23 heavy (non-hydrogen) atoms. The molecule has 1 saturated heterocycles. The number of benzene rings is 1. The highest BCUT2D eigenvalue weighted by molar-refractivity contribution is 5.47. The number of aryl methyl sites for hydroxylation is 2. The van der Waals surface area contributed by atoms with E-state index >= 15 is 0 Å². The Kier molecular flexibility index (Phi) is 4.42. The summed E-state index contributed by atoms with van der Waals surface area (Å²) in [7, 11) is 0. The minimum Gasteiger partial charge on any atom is -0.378 e. The fourth-order valence-electron chi connectivity index (χ4n) is 2.54. The summed E-state index contributed by atoms with van der Waals surface area (Å²) in [5, 5.41) is 2.26. The number of anilines is 1. The summed E-state index contributed by atoms with van der Waals surface area (Å²) in [5.41, 5.74) is -0.180. The van der Waals surface area contributed by atoms with Crippen LogP contribution in [0, 0.1) is 0 Å². The van der Waals surface area contributed by atoms with Crippen molar-refractivity contribution in [1.82, 2.24) is 14.8 Å². The number of ether oxygens (including phenoxy) is 1. The number of rotatable bonds is 4. The molecule has 0 aliphatic carbocycles. The van der Waals surface area contributed by atoms with Crippen molar-refractivity contribution in [3.8, 4) is 0 Å². The monoisotopic (exact) mass is 318 g/mol. The van der Waals surface area contributed by atoms with Crippen LogP contribution in [-0.2, 0) is 17.7 Å². The Bertz CT molecular complexity index is 828. The fraction of sp³-hybridized carbons (Fsp3) is 0.400. The number of hydrogen-bond donors (Lipinski definition) is 2. The van der Waals surface area contributed by atoms with Gasteiger partial charge in [0.25, 0.3) is 0 Å². The standard InChI is InChI=1S/C15H18N4O4/c20-13-14(21)17-19(15(22)16-13)6-5-11-1-3-12(4-2-11)18-7-9-23-10-8-18/h1-4H,5-10H2,(H,17,21)(H,16,20,22). The van der Waals surface area contributed by atoms with Crippen molar-refractivity contribution in [3.05, 3.63) is 61.0 Å². The summed E-state index contributed by atoms with van der Waals surface area (Å²) in [6.45, 7) is 3.54. The first-order chi connectivity index (χ1) is 11.1. The van der Waals surface area contributed by atoms with Gasteiger partial charge in [-0.25, -0.2) is 9.48 Å². The average Bonchev–Trinajstić information content (AvgIpc) is 2.58. The highest BCUT2D eigenvalue weighted by Gasteiger charge is 2.10. The lowest BCUT2D eigenvalue weighted by Gasteiger charge is -2.28. The van der Waals surface area contributed by atoms with Gasteiger partial charge < -0.3 is 9.64 Å². The smallest absolute Gasteiger partial charge is 0.343 e. The minimum absolute atomic E-state index is 0.293. The highest BCUT2D eigenvalue weighted by atomic mass is 16.5. The number of nitrogens with one attached hydrogen (secondary N) is 2. The molecule has 1 aromatic heterocycles. The van der Waals surface area contributed by atoms with Crippen LogP contribution in [-0.4, -0.2) is 41.1 Å². The average molecular weight is 318 g/mol. The van der Waals surface area contributed by atoms with Crippen LogP contribution in [0.3, 0.4) is 0 Å². The molecule has 0 spiro atoms. The number of nitrogens with zero attached hydrogens (tertiary/aromatic N) is 2. The summed E-state index contributed by atoms with van der Waals surface area (Å²) < 4.78 is 6.44. The van der Waals surface area contributed by atoms with Gasteiger partial charge in [-0.1, -0.05) is 12.1 Å². The molecule has 0 saturated carbocycles. The molecule has 1 aliphatic heterocycles. The Balaban J connectivity index is 1.67. The van der Waals surface area contributed by atoms with Crippen LogP contribution in [0.15, 0.2) is 38.6 Å². The second kappa shape index (κ2) is 6.66. The molecule has 8 heteroatoms. The summed E-state index contributed by atoms with van der Waals surface area (Å²) in [6.07, 6.45) is 0.575. The van der Waals surface area contributed by atoms with Crippen molar-refractivity contribution in [2.45, 2.75) is 13.0 Å². The first-order valence-corrected chi connectivity index (χ1v) is 7.48. The zero-order valence-corrected chi connectivity index (χ0v) is 12.6. The maximum Gasteiger partial charge on any atom is 0.343 e. The number of morpholine rings is 1. The van der Waals surface area contributed by atoms with E-state index in [1.54, 1.807) is 0 Å². The number of H-pyrrole nitrogens is 2. The first kappa shape index (κ1) is 15.3. The Morgan fingerprint density at radius 1 is 1.00 bits per heavy atom. The van der Waals surface area contributed by atoms with Gasteiger partial charge in [-0.05, 0) is 24.1 Å². The molecule has 0 unspecified atom stereocenters. The summed E-state index contributed by atoms with van der Waals surface area (Å²) in [4.78, 5) is 38.1. The number of hydrogen-bond acceptors (Lipinski definition) is 5. The second-order valence-electron chi connectivity index (χ2n) is 5.37. The van der Waals surface area contributed by atoms with E-state index in [2.05, 4.69) is 10.00 Å². The van der Waals surface area contributed by atoms with Crippen molar-refractivity contribution in [1.29, 1.82) is 0 Å². The molecule has 2 heterocycles. The van der Waals surface area contributed by atoms with E-state index in [4.69, 9.17) is 4.74 Å². The van der Waals surface area contributed by atoms with Gasteiger partial charge in [-0.15, -0.1) is 0 Å². The quantitative estimate of drug-likeness (QED) is 0.727. The minimum atomic E-state index is -0.930. The van der Waals surface area contributed by atoms with E-state index in [1.165, 1.54) is 0 Å². The van der Waals surface area contributed by atoms with Crippen LogP contribution in [0.25, 0.3) is 0 Å². The summed E-state index contributed by atoms with van der Waals surface area (Å²) in [5.74, 6) is 0. The van der Waals surface area contributed by atoms with Crippen molar-refractivity contribution in [2.75, 3.05) is 31.2 Å². The van der Waals surface area contributed by atoms with Crippen LogP contribution in [0.4, 0.5) is 5.69 Å². The molecule has 2 aromatic rings.